The number of amides is 1. The van der Waals surface area contributed by atoms with Crippen molar-refractivity contribution in [2.45, 2.75) is 25.9 Å². The first-order valence-corrected chi connectivity index (χ1v) is 9.33. The van der Waals surface area contributed by atoms with Gasteiger partial charge >= 0.3 is 0 Å². The molecule has 2 aromatic rings. The van der Waals surface area contributed by atoms with Gasteiger partial charge in [0.15, 0.2) is 5.96 Å². The lowest BCUT2D eigenvalue weighted by atomic mass is 10.2. The highest BCUT2D eigenvalue weighted by atomic mass is 127. The maximum atomic E-state index is 11.6. The van der Waals surface area contributed by atoms with Crippen LogP contribution >= 0.6 is 35.3 Å². The molecule has 0 aliphatic heterocycles. The topological polar surface area (TPSA) is 85.8 Å². The largest absolute Gasteiger partial charge is 0.386 e. The second-order valence-electron chi connectivity index (χ2n) is 5.68. The van der Waals surface area contributed by atoms with Crippen molar-refractivity contribution in [1.29, 1.82) is 0 Å². The number of rotatable bonds is 8. The molecule has 0 aliphatic rings. The molecule has 1 atom stereocenters. The molecule has 0 saturated heterocycles. The van der Waals surface area contributed by atoms with Crippen molar-refractivity contribution in [3.8, 4) is 0 Å². The number of aliphatic hydroxyl groups excluding tert-OH is 1. The molecule has 1 aromatic heterocycles. The number of guanidine groups is 1. The average Bonchev–Trinajstić information content (AvgIpc) is 3.06. The predicted molar refractivity (Wildman–Crippen MR) is 119 cm³/mol. The van der Waals surface area contributed by atoms with Gasteiger partial charge in [-0.05, 0) is 23.9 Å². The van der Waals surface area contributed by atoms with Crippen LogP contribution in [0.5, 0.6) is 0 Å². The smallest absolute Gasteiger partial charge is 0.221 e. The molecule has 1 amide bonds. The van der Waals surface area contributed by atoms with E-state index in [1.807, 2.05) is 37.3 Å². The van der Waals surface area contributed by atoms with Gasteiger partial charge in [-0.25, -0.2) is 0 Å². The number of hydrogen-bond acceptors (Lipinski definition) is 4. The van der Waals surface area contributed by atoms with Gasteiger partial charge in [0.1, 0.15) is 6.10 Å². The summed E-state index contributed by atoms with van der Waals surface area (Å²) in [7, 11) is 1.66. The summed E-state index contributed by atoms with van der Waals surface area (Å²) in [5, 5.41) is 20.5. The monoisotopic (exact) mass is 490 g/mol. The summed E-state index contributed by atoms with van der Waals surface area (Å²) in [6.45, 7) is 3.57. The molecule has 144 valence electrons. The van der Waals surface area contributed by atoms with Gasteiger partial charge < -0.3 is 21.1 Å². The van der Waals surface area contributed by atoms with E-state index < -0.39 is 6.10 Å². The zero-order chi connectivity index (χ0) is 18.1. The number of aliphatic imine (C=N–C) groups is 1. The Kier molecular flexibility index (Phi) is 10.5. The van der Waals surface area contributed by atoms with Crippen LogP contribution in [-0.4, -0.2) is 43.7 Å². The molecule has 2 rings (SSSR count). The van der Waals surface area contributed by atoms with Gasteiger partial charge in [-0.1, -0.05) is 25.1 Å². The maximum Gasteiger partial charge on any atom is 0.221 e. The lowest BCUT2D eigenvalue weighted by molar-refractivity contribution is -0.120. The van der Waals surface area contributed by atoms with Crippen LogP contribution in [0, 0.1) is 0 Å². The van der Waals surface area contributed by atoms with E-state index in [0.29, 0.717) is 32.0 Å². The summed E-state index contributed by atoms with van der Waals surface area (Å²) in [6.07, 6.45) is 0.709. The van der Waals surface area contributed by atoms with Crippen LogP contribution in [-0.2, 0) is 4.79 Å². The Labute approximate surface area is 175 Å². The minimum absolute atomic E-state index is 0. The number of carbonyl (C=O) groups is 1. The minimum Gasteiger partial charge on any atom is -0.386 e. The Morgan fingerprint density at radius 1 is 1.23 bits per heavy atom. The summed E-state index contributed by atoms with van der Waals surface area (Å²) in [6, 6.07) is 10.1. The molecule has 0 radical (unpaired) electrons. The third-order valence-corrected chi connectivity index (χ3v) is 4.89. The molecule has 8 heteroatoms. The SMILES string of the molecule is CCCNC(=O)CCNC(=NC)NCC(O)c1cc2ccccc2s1.I. The van der Waals surface area contributed by atoms with E-state index in [0.717, 1.165) is 21.4 Å². The normalized spacial score (nSPS) is 12.3. The number of carbonyl (C=O) groups excluding carboxylic acids is 1. The van der Waals surface area contributed by atoms with E-state index in [1.165, 1.54) is 0 Å². The van der Waals surface area contributed by atoms with Crippen LogP contribution < -0.4 is 16.0 Å². The van der Waals surface area contributed by atoms with E-state index in [9.17, 15) is 9.90 Å². The van der Waals surface area contributed by atoms with Crippen LogP contribution in [0.15, 0.2) is 35.3 Å². The van der Waals surface area contributed by atoms with Gasteiger partial charge in [-0.2, -0.15) is 0 Å². The average molecular weight is 490 g/mol. The Morgan fingerprint density at radius 2 is 2.00 bits per heavy atom. The first-order chi connectivity index (χ1) is 12.1. The fourth-order valence-corrected chi connectivity index (χ4v) is 3.38. The number of thiophene rings is 1. The second-order valence-corrected chi connectivity index (χ2v) is 6.80. The van der Waals surface area contributed by atoms with E-state index in [1.54, 1.807) is 18.4 Å². The van der Waals surface area contributed by atoms with Gasteiger partial charge in [0, 0.05) is 42.7 Å². The quantitative estimate of drug-likeness (QED) is 0.261. The van der Waals surface area contributed by atoms with Crippen LogP contribution in [0.1, 0.15) is 30.7 Å². The molecular weight excluding hydrogens is 463 g/mol. The van der Waals surface area contributed by atoms with Gasteiger partial charge in [-0.15, -0.1) is 35.3 Å². The first kappa shape index (κ1) is 22.7. The number of aliphatic hydroxyl groups is 1. The highest BCUT2D eigenvalue weighted by Crippen LogP contribution is 2.29. The molecule has 6 nitrogen and oxygen atoms in total. The van der Waals surface area contributed by atoms with Crippen molar-refractivity contribution in [3.63, 3.8) is 0 Å². The van der Waals surface area contributed by atoms with Crippen molar-refractivity contribution in [1.82, 2.24) is 16.0 Å². The van der Waals surface area contributed by atoms with Crippen molar-refractivity contribution in [3.05, 3.63) is 35.2 Å². The summed E-state index contributed by atoms with van der Waals surface area (Å²) in [4.78, 5) is 16.6. The zero-order valence-corrected chi connectivity index (χ0v) is 18.3. The van der Waals surface area contributed by atoms with Crippen molar-refractivity contribution in [2.24, 2.45) is 4.99 Å². The fraction of sp³-hybridized carbons (Fsp3) is 0.444. The number of fused-ring (bicyclic) bond motifs is 1. The van der Waals surface area contributed by atoms with E-state index in [2.05, 4.69) is 20.9 Å². The molecule has 1 aromatic carbocycles. The van der Waals surface area contributed by atoms with E-state index in [-0.39, 0.29) is 29.9 Å². The number of nitrogens with zero attached hydrogens (tertiary/aromatic N) is 1. The summed E-state index contributed by atoms with van der Waals surface area (Å²) >= 11 is 1.59. The molecule has 1 heterocycles. The Balaban J connectivity index is 0.00000338. The van der Waals surface area contributed by atoms with Crippen molar-refractivity contribution < 1.29 is 9.90 Å². The minimum atomic E-state index is -0.608. The molecule has 0 spiro atoms. The summed E-state index contributed by atoms with van der Waals surface area (Å²) < 4.78 is 1.16. The molecule has 0 fully saturated rings. The van der Waals surface area contributed by atoms with E-state index >= 15 is 0 Å². The lowest BCUT2D eigenvalue weighted by Crippen LogP contribution is -2.40. The molecule has 26 heavy (non-hydrogen) atoms. The Hall–Kier alpha value is -1.39. The standard InChI is InChI=1S/C18H26N4O2S.HI/c1-3-9-20-17(24)8-10-21-18(19-2)22-12-14(23)16-11-13-6-4-5-7-15(13)25-16;/h4-7,11,14,23H,3,8-10,12H2,1-2H3,(H,20,24)(H2,19,21,22);1H. The highest BCUT2D eigenvalue weighted by Gasteiger charge is 2.12. The Morgan fingerprint density at radius 3 is 2.69 bits per heavy atom. The van der Waals surface area contributed by atoms with Crippen molar-refractivity contribution >= 4 is 57.3 Å². The summed E-state index contributed by atoms with van der Waals surface area (Å²) in [5.74, 6) is 0.596. The number of halogens is 1. The van der Waals surface area contributed by atoms with Crippen LogP contribution in [0.3, 0.4) is 0 Å². The van der Waals surface area contributed by atoms with Crippen LogP contribution in [0.2, 0.25) is 0 Å². The highest BCUT2D eigenvalue weighted by molar-refractivity contribution is 14.0. The van der Waals surface area contributed by atoms with E-state index in [4.69, 9.17) is 0 Å². The van der Waals surface area contributed by atoms with Crippen LogP contribution in [0.25, 0.3) is 10.1 Å². The maximum absolute atomic E-state index is 11.6. The number of nitrogens with one attached hydrogen (secondary N) is 3. The Bertz CT molecular complexity index is 687. The van der Waals surface area contributed by atoms with Crippen molar-refractivity contribution in [2.75, 3.05) is 26.7 Å². The third kappa shape index (κ3) is 7.08. The summed E-state index contributed by atoms with van der Waals surface area (Å²) in [5.41, 5.74) is 0. The van der Waals surface area contributed by atoms with Crippen LogP contribution in [0.4, 0.5) is 0 Å². The van der Waals surface area contributed by atoms with Gasteiger partial charge in [0.05, 0.1) is 0 Å². The zero-order valence-electron chi connectivity index (χ0n) is 15.1. The number of benzene rings is 1. The number of hydrogen-bond donors (Lipinski definition) is 4. The van der Waals surface area contributed by atoms with Gasteiger partial charge in [0.2, 0.25) is 5.91 Å². The molecule has 0 saturated carbocycles. The molecular formula is C18H27IN4O2S. The molecule has 0 bridgehead atoms. The predicted octanol–water partition coefficient (Wildman–Crippen LogP) is 2.63. The molecule has 4 N–H and O–H groups in total. The second kappa shape index (κ2) is 12.1. The fourth-order valence-electron chi connectivity index (χ4n) is 2.33. The lowest BCUT2D eigenvalue weighted by Gasteiger charge is -2.14. The first-order valence-electron chi connectivity index (χ1n) is 8.51. The van der Waals surface area contributed by atoms with Gasteiger partial charge in [-0.3, -0.25) is 9.79 Å². The van der Waals surface area contributed by atoms with Gasteiger partial charge in [0.25, 0.3) is 0 Å². The third-order valence-electron chi connectivity index (χ3n) is 3.68. The molecule has 1 unspecified atom stereocenters. The molecule has 0 aliphatic carbocycles.